The standard InChI is InChI=1S/C21H27N5/c1-3-18-15-20(26-19(24-18)9-12-23-26)22-16-21(10-13-25(2)14-11-21)17-7-5-4-6-8-17/h4-9,12,15,22H,3,10-11,13-14,16H2,1-2H3. The third-order valence-corrected chi connectivity index (χ3v) is 5.71. The highest BCUT2D eigenvalue weighted by molar-refractivity contribution is 5.49. The van der Waals surface area contributed by atoms with E-state index in [9.17, 15) is 0 Å². The van der Waals surface area contributed by atoms with E-state index in [1.54, 1.807) is 0 Å². The fourth-order valence-electron chi connectivity index (χ4n) is 3.94. The van der Waals surface area contributed by atoms with Crippen LogP contribution < -0.4 is 5.32 Å². The van der Waals surface area contributed by atoms with Crippen LogP contribution in [0.5, 0.6) is 0 Å². The van der Waals surface area contributed by atoms with E-state index in [0.29, 0.717) is 0 Å². The van der Waals surface area contributed by atoms with Crippen molar-refractivity contribution in [2.45, 2.75) is 31.6 Å². The van der Waals surface area contributed by atoms with Crippen molar-refractivity contribution in [3.05, 3.63) is 59.9 Å². The number of aromatic nitrogens is 3. The first-order valence-electron chi connectivity index (χ1n) is 9.52. The van der Waals surface area contributed by atoms with Crippen LogP contribution in [0.2, 0.25) is 0 Å². The van der Waals surface area contributed by atoms with Gasteiger partial charge in [-0.3, -0.25) is 0 Å². The van der Waals surface area contributed by atoms with Gasteiger partial charge in [-0.2, -0.15) is 9.61 Å². The Labute approximate surface area is 155 Å². The zero-order valence-electron chi connectivity index (χ0n) is 15.7. The van der Waals surface area contributed by atoms with Crippen LogP contribution in [0.25, 0.3) is 5.65 Å². The molecule has 0 spiro atoms. The Balaban J connectivity index is 1.64. The lowest BCUT2D eigenvalue weighted by atomic mass is 9.72. The van der Waals surface area contributed by atoms with Crippen LogP contribution in [0.1, 0.15) is 31.0 Å². The van der Waals surface area contributed by atoms with Crippen molar-refractivity contribution in [3.63, 3.8) is 0 Å². The Bertz CT molecular complexity index is 862. The lowest BCUT2D eigenvalue weighted by Crippen LogP contribution is -2.45. The summed E-state index contributed by atoms with van der Waals surface area (Å²) in [6.45, 7) is 5.31. The fraction of sp³-hybridized carbons (Fsp3) is 0.429. The van der Waals surface area contributed by atoms with Gasteiger partial charge in [0.05, 0.1) is 6.20 Å². The second kappa shape index (κ2) is 7.08. The molecule has 1 saturated heterocycles. The molecule has 1 aliphatic heterocycles. The molecule has 136 valence electrons. The van der Waals surface area contributed by atoms with Gasteiger partial charge in [-0.25, -0.2) is 4.98 Å². The second-order valence-electron chi connectivity index (χ2n) is 7.39. The summed E-state index contributed by atoms with van der Waals surface area (Å²) < 4.78 is 1.91. The van der Waals surface area contributed by atoms with E-state index in [-0.39, 0.29) is 5.41 Å². The first-order chi connectivity index (χ1) is 12.7. The third-order valence-electron chi connectivity index (χ3n) is 5.71. The first kappa shape index (κ1) is 17.0. The van der Waals surface area contributed by atoms with Crippen LogP contribution in [0.15, 0.2) is 48.7 Å². The maximum Gasteiger partial charge on any atom is 0.157 e. The van der Waals surface area contributed by atoms with E-state index < -0.39 is 0 Å². The van der Waals surface area contributed by atoms with Crippen molar-refractivity contribution in [2.75, 3.05) is 32.0 Å². The van der Waals surface area contributed by atoms with Crippen LogP contribution in [0.3, 0.4) is 0 Å². The van der Waals surface area contributed by atoms with Crippen molar-refractivity contribution < 1.29 is 0 Å². The van der Waals surface area contributed by atoms with Gasteiger partial charge in [0.2, 0.25) is 0 Å². The summed E-state index contributed by atoms with van der Waals surface area (Å²) in [7, 11) is 2.21. The molecule has 0 bridgehead atoms. The molecular weight excluding hydrogens is 322 g/mol. The first-order valence-corrected chi connectivity index (χ1v) is 9.52. The molecular formula is C21H27N5. The summed E-state index contributed by atoms with van der Waals surface area (Å²) in [5, 5.41) is 8.16. The molecule has 0 radical (unpaired) electrons. The normalized spacial score (nSPS) is 17.5. The van der Waals surface area contributed by atoms with Crippen LogP contribution >= 0.6 is 0 Å². The number of piperidine rings is 1. The highest BCUT2D eigenvalue weighted by Crippen LogP contribution is 2.35. The number of likely N-dealkylation sites (tertiary alicyclic amines) is 1. The van der Waals surface area contributed by atoms with Gasteiger partial charge in [0.15, 0.2) is 5.65 Å². The molecule has 1 aromatic carbocycles. The van der Waals surface area contributed by atoms with E-state index in [2.05, 4.69) is 70.7 Å². The SMILES string of the molecule is CCc1cc(NCC2(c3ccccc3)CCN(C)CC2)n2nccc2n1. The lowest BCUT2D eigenvalue weighted by Gasteiger charge is -2.41. The molecule has 0 saturated carbocycles. The summed E-state index contributed by atoms with van der Waals surface area (Å²) in [6, 6.07) is 15.1. The maximum atomic E-state index is 4.65. The Hall–Kier alpha value is -2.40. The summed E-state index contributed by atoms with van der Waals surface area (Å²) >= 11 is 0. The van der Waals surface area contributed by atoms with Gasteiger partial charge in [0.1, 0.15) is 5.82 Å². The predicted octanol–water partition coefficient (Wildman–Crippen LogP) is 3.37. The van der Waals surface area contributed by atoms with Crippen LogP contribution in [-0.4, -0.2) is 46.2 Å². The van der Waals surface area contributed by atoms with E-state index >= 15 is 0 Å². The summed E-state index contributed by atoms with van der Waals surface area (Å²) in [4.78, 5) is 7.07. The molecule has 3 aromatic rings. The monoisotopic (exact) mass is 349 g/mol. The zero-order chi connectivity index (χ0) is 18.0. The molecule has 4 rings (SSSR count). The van der Waals surface area contributed by atoms with Gasteiger partial charge in [-0.05, 0) is 45.0 Å². The van der Waals surface area contributed by atoms with Crippen molar-refractivity contribution in [2.24, 2.45) is 0 Å². The largest absolute Gasteiger partial charge is 0.369 e. The van der Waals surface area contributed by atoms with Crippen LogP contribution in [0.4, 0.5) is 5.82 Å². The van der Waals surface area contributed by atoms with Gasteiger partial charge in [0, 0.05) is 29.8 Å². The molecule has 2 aromatic heterocycles. The van der Waals surface area contributed by atoms with Crippen LogP contribution in [-0.2, 0) is 11.8 Å². The number of nitrogens with one attached hydrogen (secondary N) is 1. The zero-order valence-corrected chi connectivity index (χ0v) is 15.7. The Kier molecular flexibility index (Phi) is 4.64. The number of rotatable bonds is 5. The van der Waals surface area contributed by atoms with E-state index in [1.165, 1.54) is 5.56 Å². The summed E-state index contributed by atoms with van der Waals surface area (Å²) in [6.07, 6.45) is 5.06. The number of fused-ring (bicyclic) bond motifs is 1. The molecule has 1 fully saturated rings. The Morgan fingerprint density at radius 2 is 1.88 bits per heavy atom. The number of hydrogen-bond acceptors (Lipinski definition) is 4. The molecule has 26 heavy (non-hydrogen) atoms. The average Bonchev–Trinajstić information content (AvgIpc) is 3.17. The van der Waals surface area contributed by atoms with Crippen molar-refractivity contribution >= 4 is 11.5 Å². The molecule has 1 N–H and O–H groups in total. The molecule has 0 aliphatic carbocycles. The quantitative estimate of drug-likeness (QED) is 0.767. The van der Waals surface area contributed by atoms with Crippen molar-refractivity contribution in [1.82, 2.24) is 19.5 Å². The van der Waals surface area contributed by atoms with Gasteiger partial charge in [-0.15, -0.1) is 0 Å². The smallest absolute Gasteiger partial charge is 0.157 e. The second-order valence-corrected chi connectivity index (χ2v) is 7.39. The minimum Gasteiger partial charge on any atom is -0.369 e. The maximum absolute atomic E-state index is 4.65. The highest BCUT2D eigenvalue weighted by Gasteiger charge is 2.35. The van der Waals surface area contributed by atoms with Crippen molar-refractivity contribution in [1.29, 1.82) is 0 Å². The molecule has 0 amide bonds. The van der Waals surface area contributed by atoms with Gasteiger partial charge in [-0.1, -0.05) is 37.3 Å². The summed E-state index contributed by atoms with van der Waals surface area (Å²) in [5.41, 5.74) is 3.59. The average molecular weight is 349 g/mol. The molecule has 0 atom stereocenters. The number of anilines is 1. The van der Waals surface area contributed by atoms with E-state index in [4.69, 9.17) is 0 Å². The molecule has 1 aliphatic rings. The summed E-state index contributed by atoms with van der Waals surface area (Å²) in [5.74, 6) is 1.03. The lowest BCUT2D eigenvalue weighted by molar-refractivity contribution is 0.195. The Morgan fingerprint density at radius 1 is 1.12 bits per heavy atom. The molecule has 5 nitrogen and oxygen atoms in total. The van der Waals surface area contributed by atoms with Crippen LogP contribution in [0, 0.1) is 0 Å². The highest BCUT2D eigenvalue weighted by atomic mass is 15.3. The topological polar surface area (TPSA) is 45.5 Å². The van der Waals surface area contributed by atoms with Gasteiger partial charge >= 0.3 is 0 Å². The van der Waals surface area contributed by atoms with Gasteiger partial charge in [0.25, 0.3) is 0 Å². The molecule has 0 unspecified atom stereocenters. The number of hydrogen-bond donors (Lipinski definition) is 1. The molecule has 3 heterocycles. The third kappa shape index (κ3) is 3.19. The fourth-order valence-corrected chi connectivity index (χ4v) is 3.94. The van der Waals surface area contributed by atoms with Crippen molar-refractivity contribution in [3.8, 4) is 0 Å². The van der Waals surface area contributed by atoms with E-state index in [0.717, 1.165) is 56.1 Å². The van der Waals surface area contributed by atoms with E-state index in [1.807, 2.05) is 16.8 Å². The predicted molar refractivity (Wildman–Crippen MR) is 106 cm³/mol. The minimum atomic E-state index is 0.156. The Morgan fingerprint density at radius 3 is 2.62 bits per heavy atom. The minimum absolute atomic E-state index is 0.156. The van der Waals surface area contributed by atoms with Gasteiger partial charge < -0.3 is 10.2 Å². The number of benzene rings is 1. The number of aryl methyl sites for hydroxylation is 1. The number of nitrogens with zero attached hydrogens (tertiary/aromatic N) is 4. The molecule has 5 heteroatoms.